The average molecular weight is 312 g/mol. The molecule has 0 saturated heterocycles. The number of methoxy groups -OCH3 is 1. The third-order valence-electron chi connectivity index (χ3n) is 4.06. The number of hydrogen-bond donors (Lipinski definition) is 1. The number of rotatable bonds is 6. The molecular formula is C16H20N6O. The van der Waals surface area contributed by atoms with Crippen LogP contribution in [-0.2, 0) is 0 Å². The number of nitrogens with zero attached hydrogens (tertiary/aromatic N) is 5. The van der Waals surface area contributed by atoms with Gasteiger partial charge in [-0.3, -0.25) is 9.88 Å². The van der Waals surface area contributed by atoms with Crippen molar-refractivity contribution < 1.29 is 4.74 Å². The highest BCUT2D eigenvalue weighted by Gasteiger charge is 2.26. The van der Waals surface area contributed by atoms with Crippen molar-refractivity contribution in [3.63, 3.8) is 0 Å². The van der Waals surface area contributed by atoms with E-state index in [1.165, 1.54) is 0 Å². The van der Waals surface area contributed by atoms with Crippen LogP contribution in [0.15, 0.2) is 30.5 Å². The minimum absolute atomic E-state index is 0.0821. The Morgan fingerprint density at radius 2 is 2.04 bits per heavy atom. The number of aromatic nitrogens is 5. The predicted molar refractivity (Wildman–Crippen MR) is 87.2 cm³/mol. The molecular weight excluding hydrogens is 292 g/mol. The Balaban J connectivity index is 2.21. The Bertz CT molecular complexity index is 769. The molecule has 120 valence electrons. The van der Waals surface area contributed by atoms with Crippen molar-refractivity contribution in [2.24, 2.45) is 0 Å². The molecule has 7 nitrogen and oxygen atoms in total. The quantitative estimate of drug-likeness (QED) is 0.751. The molecule has 3 rings (SSSR count). The van der Waals surface area contributed by atoms with E-state index in [9.17, 15) is 0 Å². The lowest BCUT2D eigenvalue weighted by Gasteiger charge is -2.28. The van der Waals surface area contributed by atoms with Gasteiger partial charge in [0.1, 0.15) is 11.8 Å². The number of pyridine rings is 1. The normalized spacial score (nSPS) is 12.7. The van der Waals surface area contributed by atoms with Crippen LogP contribution in [0.1, 0.15) is 31.3 Å². The van der Waals surface area contributed by atoms with Gasteiger partial charge in [0.05, 0.1) is 12.6 Å². The van der Waals surface area contributed by atoms with Gasteiger partial charge in [0.25, 0.3) is 0 Å². The van der Waals surface area contributed by atoms with E-state index in [0.717, 1.165) is 35.3 Å². The first-order valence-electron chi connectivity index (χ1n) is 7.68. The Labute approximate surface area is 134 Å². The second-order valence-corrected chi connectivity index (χ2v) is 5.18. The van der Waals surface area contributed by atoms with Gasteiger partial charge in [-0.15, -0.1) is 10.2 Å². The minimum atomic E-state index is -0.0821. The Morgan fingerprint density at radius 1 is 1.22 bits per heavy atom. The highest BCUT2D eigenvalue weighted by Crippen LogP contribution is 2.32. The topological polar surface area (TPSA) is 79.8 Å². The van der Waals surface area contributed by atoms with Crippen LogP contribution in [0.5, 0.6) is 5.75 Å². The van der Waals surface area contributed by atoms with Crippen LogP contribution in [0, 0.1) is 0 Å². The molecule has 3 aromatic rings. The highest BCUT2D eigenvalue weighted by atomic mass is 16.5. The summed E-state index contributed by atoms with van der Waals surface area (Å²) < 4.78 is 5.37. The number of fused-ring (bicyclic) bond motifs is 1. The van der Waals surface area contributed by atoms with Crippen LogP contribution in [0.2, 0.25) is 0 Å². The van der Waals surface area contributed by atoms with Gasteiger partial charge in [0, 0.05) is 11.6 Å². The highest BCUT2D eigenvalue weighted by molar-refractivity contribution is 5.84. The van der Waals surface area contributed by atoms with Crippen molar-refractivity contribution in [3.8, 4) is 5.75 Å². The molecule has 1 unspecified atom stereocenters. The molecule has 0 aliphatic heterocycles. The maximum Gasteiger partial charge on any atom is 0.196 e. The fourth-order valence-corrected chi connectivity index (χ4v) is 2.89. The molecule has 1 aromatic carbocycles. The molecule has 0 spiro atoms. The van der Waals surface area contributed by atoms with Gasteiger partial charge in [-0.25, -0.2) is 0 Å². The Hall–Kier alpha value is -2.54. The predicted octanol–water partition coefficient (Wildman–Crippen LogP) is 2.19. The fourth-order valence-electron chi connectivity index (χ4n) is 2.89. The maximum atomic E-state index is 5.37. The SMILES string of the molecule is CCN(CC)C(c1nn[nH]n1)c1ccnc2ccc(OC)cc12. The van der Waals surface area contributed by atoms with Gasteiger partial charge >= 0.3 is 0 Å². The van der Waals surface area contributed by atoms with Gasteiger partial charge < -0.3 is 4.74 Å². The van der Waals surface area contributed by atoms with Gasteiger partial charge in [0.15, 0.2) is 5.82 Å². The molecule has 0 radical (unpaired) electrons. The zero-order chi connectivity index (χ0) is 16.2. The summed E-state index contributed by atoms with van der Waals surface area (Å²) in [5, 5.41) is 15.8. The summed E-state index contributed by atoms with van der Waals surface area (Å²) in [5.41, 5.74) is 2.02. The summed E-state index contributed by atoms with van der Waals surface area (Å²) in [5.74, 6) is 1.46. The summed E-state index contributed by atoms with van der Waals surface area (Å²) in [7, 11) is 1.66. The molecule has 1 atom stereocenters. The van der Waals surface area contributed by atoms with E-state index in [-0.39, 0.29) is 6.04 Å². The van der Waals surface area contributed by atoms with Gasteiger partial charge in [-0.05, 0) is 42.9 Å². The molecule has 7 heteroatoms. The van der Waals surface area contributed by atoms with Crippen LogP contribution >= 0.6 is 0 Å². The Kier molecular flexibility index (Phi) is 4.47. The number of hydrogen-bond acceptors (Lipinski definition) is 6. The summed E-state index contributed by atoms with van der Waals surface area (Å²) in [6.07, 6.45) is 1.82. The standard InChI is InChI=1S/C16H20N6O/c1-4-22(5-2)15(16-18-20-21-19-16)12-8-9-17-14-7-6-11(23-3)10-13(12)14/h6-10,15H,4-5H2,1-3H3,(H,18,19,20,21). The largest absolute Gasteiger partial charge is 0.497 e. The minimum Gasteiger partial charge on any atom is -0.497 e. The third-order valence-corrected chi connectivity index (χ3v) is 4.06. The van der Waals surface area contributed by atoms with Crippen LogP contribution < -0.4 is 4.74 Å². The molecule has 0 bridgehead atoms. The smallest absolute Gasteiger partial charge is 0.196 e. The van der Waals surface area contributed by atoms with Crippen LogP contribution in [0.3, 0.4) is 0 Å². The van der Waals surface area contributed by atoms with Crippen LogP contribution in [0.25, 0.3) is 10.9 Å². The molecule has 1 N–H and O–H groups in total. The number of tetrazole rings is 1. The first-order chi connectivity index (χ1) is 11.3. The molecule has 0 saturated carbocycles. The number of ether oxygens (including phenoxy) is 1. The van der Waals surface area contributed by atoms with E-state index in [4.69, 9.17) is 4.74 Å². The molecule has 2 aromatic heterocycles. The molecule has 2 heterocycles. The van der Waals surface area contributed by atoms with E-state index in [1.807, 2.05) is 30.5 Å². The van der Waals surface area contributed by atoms with E-state index >= 15 is 0 Å². The first kappa shape index (κ1) is 15.4. The summed E-state index contributed by atoms with van der Waals surface area (Å²) >= 11 is 0. The van der Waals surface area contributed by atoms with E-state index in [0.29, 0.717) is 5.82 Å². The van der Waals surface area contributed by atoms with Crippen molar-refractivity contribution in [2.45, 2.75) is 19.9 Å². The lowest BCUT2D eigenvalue weighted by Crippen LogP contribution is -2.30. The van der Waals surface area contributed by atoms with Crippen molar-refractivity contribution in [1.29, 1.82) is 0 Å². The average Bonchev–Trinajstić information content (AvgIpc) is 3.12. The van der Waals surface area contributed by atoms with Crippen molar-refractivity contribution in [3.05, 3.63) is 41.9 Å². The lowest BCUT2D eigenvalue weighted by molar-refractivity contribution is 0.243. The lowest BCUT2D eigenvalue weighted by atomic mass is 9.99. The second kappa shape index (κ2) is 6.70. The Morgan fingerprint density at radius 3 is 2.70 bits per heavy atom. The number of H-pyrrole nitrogens is 1. The van der Waals surface area contributed by atoms with Crippen LogP contribution in [-0.4, -0.2) is 50.7 Å². The van der Waals surface area contributed by atoms with Crippen molar-refractivity contribution in [2.75, 3.05) is 20.2 Å². The second-order valence-electron chi connectivity index (χ2n) is 5.18. The monoisotopic (exact) mass is 312 g/mol. The molecule has 0 fully saturated rings. The number of benzene rings is 1. The fraction of sp³-hybridized carbons (Fsp3) is 0.375. The molecule has 0 aliphatic carbocycles. The molecule has 23 heavy (non-hydrogen) atoms. The summed E-state index contributed by atoms with van der Waals surface area (Å²) in [4.78, 5) is 6.74. The van der Waals surface area contributed by atoms with Crippen molar-refractivity contribution in [1.82, 2.24) is 30.5 Å². The first-order valence-corrected chi connectivity index (χ1v) is 7.68. The zero-order valence-corrected chi connectivity index (χ0v) is 13.5. The van der Waals surface area contributed by atoms with Gasteiger partial charge in [-0.2, -0.15) is 5.21 Å². The van der Waals surface area contributed by atoms with Crippen molar-refractivity contribution >= 4 is 10.9 Å². The summed E-state index contributed by atoms with van der Waals surface area (Å²) in [6, 6.07) is 7.82. The third kappa shape index (κ3) is 2.87. The molecule has 0 amide bonds. The number of nitrogens with one attached hydrogen (secondary N) is 1. The van der Waals surface area contributed by atoms with Crippen LogP contribution in [0.4, 0.5) is 0 Å². The van der Waals surface area contributed by atoms with E-state index < -0.39 is 0 Å². The maximum absolute atomic E-state index is 5.37. The van der Waals surface area contributed by atoms with Gasteiger partial charge in [0.2, 0.25) is 0 Å². The zero-order valence-electron chi connectivity index (χ0n) is 13.5. The summed E-state index contributed by atoms with van der Waals surface area (Å²) in [6.45, 7) is 6.01. The van der Waals surface area contributed by atoms with E-state index in [1.54, 1.807) is 7.11 Å². The van der Waals surface area contributed by atoms with E-state index in [2.05, 4.69) is 44.4 Å². The number of aromatic amines is 1. The molecule has 0 aliphatic rings. The van der Waals surface area contributed by atoms with Gasteiger partial charge in [-0.1, -0.05) is 19.1 Å².